The second kappa shape index (κ2) is 6.00. The fourth-order valence-corrected chi connectivity index (χ4v) is 3.72. The number of hydrogen-bond donors (Lipinski definition) is 1. The Balaban J connectivity index is 2.15. The van der Waals surface area contributed by atoms with E-state index in [9.17, 15) is 5.11 Å². The van der Waals surface area contributed by atoms with Crippen molar-refractivity contribution in [3.05, 3.63) is 29.3 Å². The molecule has 0 radical (unpaired) electrons. The van der Waals surface area contributed by atoms with Gasteiger partial charge in [0.2, 0.25) is 0 Å². The van der Waals surface area contributed by atoms with Crippen molar-refractivity contribution in [2.24, 2.45) is 11.3 Å². The molecule has 0 atom stereocenters. The molecule has 1 N–H and O–H groups in total. The largest absolute Gasteiger partial charge is 0.497 e. The topological polar surface area (TPSA) is 29.5 Å². The molecule has 2 rings (SSSR count). The van der Waals surface area contributed by atoms with Crippen LogP contribution in [0.1, 0.15) is 64.0 Å². The summed E-state index contributed by atoms with van der Waals surface area (Å²) in [6, 6.07) is 6.03. The third kappa shape index (κ3) is 3.26. The van der Waals surface area contributed by atoms with E-state index in [0.717, 1.165) is 48.5 Å². The number of benzene rings is 1. The monoisotopic (exact) mass is 290 g/mol. The van der Waals surface area contributed by atoms with E-state index < -0.39 is 5.60 Å². The van der Waals surface area contributed by atoms with E-state index in [1.165, 1.54) is 6.42 Å². The molecular formula is C19H30O2. The van der Waals surface area contributed by atoms with Gasteiger partial charge in [0, 0.05) is 0 Å². The predicted molar refractivity (Wildman–Crippen MR) is 87.7 cm³/mol. The lowest BCUT2D eigenvalue weighted by Gasteiger charge is -2.43. The Hall–Kier alpha value is -1.02. The maximum absolute atomic E-state index is 11.1. The van der Waals surface area contributed by atoms with Crippen LogP contribution in [0.5, 0.6) is 5.75 Å². The zero-order valence-electron chi connectivity index (χ0n) is 14.2. The number of methoxy groups -OCH3 is 1. The van der Waals surface area contributed by atoms with Crippen molar-refractivity contribution >= 4 is 0 Å². The van der Waals surface area contributed by atoms with Gasteiger partial charge in [-0.3, -0.25) is 0 Å². The molecule has 0 spiro atoms. The van der Waals surface area contributed by atoms with Gasteiger partial charge in [-0.25, -0.2) is 0 Å². The van der Waals surface area contributed by atoms with Gasteiger partial charge in [0.25, 0.3) is 0 Å². The van der Waals surface area contributed by atoms with Gasteiger partial charge in [-0.15, -0.1) is 0 Å². The molecule has 1 aromatic carbocycles. The van der Waals surface area contributed by atoms with E-state index in [1.807, 2.05) is 18.2 Å². The molecule has 21 heavy (non-hydrogen) atoms. The summed E-state index contributed by atoms with van der Waals surface area (Å²) < 4.78 is 5.26. The third-order valence-corrected chi connectivity index (χ3v) is 5.76. The molecule has 2 heteroatoms. The Morgan fingerprint density at radius 2 is 1.90 bits per heavy atom. The minimum Gasteiger partial charge on any atom is -0.497 e. The van der Waals surface area contributed by atoms with Crippen molar-refractivity contribution in [2.45, 2.75) is 65.4 Å². The van der Waals surface area contributed by atoms with Crippen LogP contribution in [0.15, 0.2) is 18.2 Å². The molecule has 0 heterocycles. The lowest BCUT2D eigenvalue weighted by molar-refractivity contribution is -0.0332. The van der Waals surface area contributed by atoms with Crippen LogP contribution in [0, 0.1) is 18.3 Å². The molecule has 0 aromatic heterocycles. The predicted octanol–water partition coefficient (Wildman–Crippen LogP) is 4.82. The Bertz CT molecular complexity index is 482. The van der Waals surface area contributed by atoms with E-state index >= 15 is 0 Å². The van der Waals surface area contributed by atoms with Crippen LogP contribution in [0.4, 0.5) is 0 Å². The first-order valence-electron chi connectivity index (χ1n) is 8.20. The quantitative estimate of drug-likeness (QED) is 0.861. The Labute approximate surface area is 129 Å². The zero-order valence-corrected chi connectivity index (χ0v) is 14.2. The highest BCUT2D eigenvalue weighted by Gasteiger charge is 2.39. The van der Waals surface area contributed by atoms with Crippen LogP contribution in [0.25, 0.3) is 0 Å². The maximum atomic E-state index is 11.1. The van der Waals surface area contributed by atoms with Crippen LogP contribution in [-0.4, -0.2) is 12.2 Å². The number of hydrogen-bond acceptors (Lipinski definition) is 2. The molecular weight excluding hydrogens is 260 g/mol. The minimum atomic E-state index is -0.656. The van der Waals surface area contributed by atoms with Crippen molar-refractivity contribution in [1.29, 1.82) is 0 Å². The Morgan fingerprint density at radius 1 is 1.29 bits per heavy atom. The van der Waals surface area contributed by atoms with Gasteiger partial charge in [0.1, 0.15) is 5.75 Å². The average molecular weight is 290 g/mol. The normalized spacial score (nSPS) is 26.7. The molecule has 2 nitrogen and oxygen atoms in total. The maximum Gasteiger partial charge on any atom is 0.119 e. The van der Waals surface area contributed by atoms with E-state index in [2.05, 4.69) is 27.7 Å². The van der Waals surface area contributed by atoms with Crippen molar-refractivity contribution in [3.8, 4) is 5.75 Å². The SMILES string of the molecule is CCC(C)(C)C1CCC(O)(c2ccc(OC)cc2C)CC1. The highest BCUT2D eigenvalue weighted by molar-refractivity contribution is 5.38. The van der Waals surface area contributed by atoms with E-state index in [-0.39, 0.29) is 0 Å². The summed E-state index contributed by atoms with van der Waals surface area (Å²) in [4.78, 5) is 0. The van der Waals surface area contributed by atoms with Crippen molar-refractivity contribution in [1.82, 2.24) is 0 Å². The van der Waals surface area contributed by atoms with Crippen LogP contribution in [-0.2, 0) is 5.60 Å². The Morgan fingerprint density at radius 3 is 2.38 bits per heavy atom. The lowest BCUT2D eigenvalue weighted by atomic mass is 9.65. The third-order valence-electron chi connectivity index (χ3n) is 5.76. The van der Waals surface area contributed by atoms with Gasteiger partial charge in [0.05, 0.1) is 12.7 Å². The molecule has 1 fully saturated rings. The smallest absolute Gasteiger partial charge is 0.119 e. The fourth-order valence-electron chi connectivity index (χ4n) is 3.72. The van der Waals surface area contributed by atoms with Crippen LogP contribution in [0.3, 0.4) is 0 Å². The van der Waals surface area contributed by atoms with Gasteiger partial charge in [-0.05, 0) is 67.2 Å². The van der Waals surface area contributed by atoms with Crippen molar-refractivity contribution in [3.63, 3.8) is 0 Å². The van der Waals surface area contributed by atoms with Crippen molar-refractivity contribution < 1.29 is 9.84 Å². The van der Waals surface area contributed by atoms with Gasteiger partial charge >= 0.3 is 0 Å². The standard InChI is InChI=1S/C19H30O2/c1-6-18(3,4)15-9-11-19(20,12-10-15)17-8-7-16(21-5)13-14(17)2/h7-8,13,15,20H,6,9-12H2,1-5H3. The highest BCUT2D eigenvalue weighted by atomic mass is 16.5. The molecule has 1 saturated carbocycles. The van der Waals surface area contributed by atoms with E-state index in [0.29, 0.717) is 5.41 Å². The first kappa shape index (κ1) is 16.4. The van der Waals surface area contributed by atoms with Gasteiger partial charge in [0.15, 0.2) is 0 Å². The average Bonchev–Trinajstić information content (AvgIpc) is 2.47. The second-order valence-corrected chi connectivity index (χ2v) is 7.33. The summed E-state index contributed by atoms with van der Waals surface area (Å²) in [6.07, 6.45) is 5.17. The van der Waals surface area contributed by atoms with E-state index in [1.54, 1.807) is 7.11 Å². The fraction of sp³-hybridized carbons (Fsp3) is 0.684. The Kier molecular flexibility index (Phi) is 4.67. The molecule has 0 amide bonds. The van der Waals surface area contributed by atoms with Gasteiger partial charge < -0.3 is 9.84 Å². The number of aryl methyl sites for hydroxylation is 1. The van der Waals surface area contributed by atoms with Crippen LogP contribution < -0.4 is 4.74 Å². The molecule has 118 valence electrons. The summed E-state index contributed by atoms with van der Waals surface area (Å²) in [7, 11) is 1.68. The first-order chi connectivity index (χ1) is 9.82. The summed E-state index contributed by atoms with van der Waals surface area (Å²) in [5, 5.41) is 11.1. The number of aliphatic hydroxyl groups is 1. The number of rotatable bonds is 4. The minimum absolute atomic E-state index is 0.385. The van der Waals surface area contributed by atoms with Crippen molar-refractivity contribution in [2.75, 3.05) is 7.11 Å². The van der Waals surface area contributed by atoms with Crippen LogP contribution >= 0.6 is 0 Å². The van der Waals surface area contributed by atoms with Gasteiger partial charge in [-0.2, -0.15) is 0 Å². The highest BCUT2D eigenvalue weighted by Crippen LogP contribution is 2.47. The molecule has 0 unspecified atom stereocenters. The van der Waals surface area contributed by atoms with E-state index in [4.69, 9.17) is 4.74 Å². The lowest BCUT2D eigenvalue weighted by Crippen LogP contribution is -2.36. The summed E-state index contributed by atoms with van der Waals surface area (Å²) in [5.74, 6) is 1.59. The summed E-state index contributed by atoms with van der Waals surface area (Å²) in [6.45, 7) is 9.06. The summed E-state index contributed by atoms with van der Waals surface area (Å²) >= 11 is 0. The number of ether oxygens (including phenoxy) is 1. The van der Waals surface area contributed by atoms with Crippen LogP contribution in [0.2, 0.25) is 0 Å². The second-order valence-electron chi connectivity index (χ2n) is 7.33. The molecule has 0 bridgehead atoms. The molecule has 1 aliphatic carbocycles. The van der Waals surface area contributed by atoms with Gasteiger partial charge in [-0.1, -0.05) is 33.3 Å². The zero-order chi connectivity index (χ0) is 15.7. The molecule has 1 aromatic rings. The molecule has 0 saturated heterocycles. The first-order valence-corrected chi connectivity index (χ1v) is 8.20. The molecule has 1 aliphatic rings. The molecule has 0 aliphatic heterocycles. The summed E-state index contributed by atoms with van der Waals surface area (Å²) in [5.41, 5.74) is 1.94.